The summed E-state index contributed by atoms with van der Waals surface area (Å²) in [5.74, 6) is -1.34. The molecule has 2 rings (SSSR count). The first-order chi connectivity index (χ1) is 10.2. The van der Waals surface area contributed by atoms with E-state index in [2.05, 4.69) is 4.98 Å². The third-order valence-corrected chi connectivity index (χ3v) is 3.89. The molecule has 1 aromatic carbocycles. The molecule has 1 aromatic heterocycles. The maximum atomic E-state index is 13.6. The van der Waals surface area contributed by atoms with Gasteiger partial charge in [-0.05, 0) is 24.3 Å². The number of thiazole rings is 1. The summed E-state index contributed by atoms with van der Waals surface area (Å²) in [4.78, 5) is 26.3. The van der Waals surface area contributed by atoms with E-state index in [0.717, 1.165) is 29.5 Å². The van der Waals surface area contributed by atoms with Crippen LogP contribution in [0.25, 0.3) is 12.2 Å². The Balaban J connectivity index is 2.54. The minimum atomic E-state index is -0.620. The van der Waals surface area contributed by atoms with Crippen LogP contribution < -0.4 is 14.8 Å². The number of hydrogen-bond donors (Lipinski definition) is 1. The van der Waals surface area contributed by atoms with Gasteiger partial charge in [-0.15, -0.1) is 11.3 Å². The number of ketones is 1. The van der Waals surface area contributed by atoms with Crippen molar-refractivity contribution >= 4 is 29.3 Å². The van der Waals surface area contributed by atoms with Crippen LogP contribution >= 0.6 is 11.3 Å². The molecule has 0 amide bonds. The largest absolute Gasteiger partial charge is 0.313 e. The van der Waals surface area contributed by atoms with Crippen LogP contribution in [0, 0.1) is 17.0 Å². The molecule has 2 aromatic rings. The van der Waals surface area contributed by atoms with E-state index in [0.29, 0.717) is 4.66 Å². The molecule has 0 unspecified atom stereocenters. The highest BCUT2D eigenvalue weighted by Crippen LogP contribution is 2.14. The summed E-state index contributed by atoms with van der Waals surface area (Å²) < 4.78 is 27.3. The SMILES string of the molecule is CC(C)(C)C(=O)C=c1[nH]c(=O)c(=Cc2cc(F)ccc2F)s1. The van der Waals surface area contributed by atoms with Crippen molar-refractivity contribution in [3.8, 4) is 0 Å². The van der Waals surface area contributed by atoms with Gasteiger partial charge in [-0.1, -0.05) is 20.8 Å². The van der Waals surface area contributed by atoms with Crippen LogP contribution in [-0.4, -0.2) is 10.8 Å². The second-order valence-electron chi connectivity index (χ2n) is 5.85. The average Bonchev–Trinajstić information content (AvgIpc) is 2.73. The van der Waals surface area contributed by atoms with Crippen LogP contribution in [-0.2, 0) is 4.79 Å². The maximum absolute atomic E-state index is 13.6. The Kier molecular flexibility index (Phi) is 4.42. The van der Waals surface area contributed by atoms with Crippen LogP contribution in [0.4, 0.5) is 8.78 Å². The summed E-state index contributed by atoms with van der Waals surface area (Å²) in [6.45, 7) is 5.31. The van der Waals surface area contributed by atoms with Gasteiger partial charge in [0.1, 0.15) is 11.6 Å². The Bertz CT molecular complexity index is 888. The molecule has 0 aliphatic rings. The number of aromatic amines is 1. The van der Waals surface area contributed by atoms with Crippen molar-refractivity contribution in [3.05, 3.63) is 54.9 Å². The van der Waals surface area contributed by atoms with Crippen molar-refractivity contribution in [1.82, 2.24) is 4.98 Å². The smallest absolute Gasteiger partial charge is 0.266 e. The highest BCUT2D eigenvalue weighted by atomic mass is 32.1. The van der Waals surface area contributed by atoms with Crippen molar-refractivity contribution in [3.63, 3.8) is 0 Å². The van der Waals surface area contributed by atoms with Gasteiger partial charge >= 0.3 is 0 Å². The molecule has 1 heterocycles. The van der Waals surface area contributed by atoms with Gasteiger partial charge in [0, 0.05) is 17.1 Å². The molecule has 0 atom stereocenters. The average molecular weight is 323 g/mol. The zero-order valence-corrected chi connectivity index (χ0v) is 13.2. The molecule has 0 radical (unpaired) electrons. The Morgan fingerprint density at radius 1 is 1.27 bits per heavy atom. The number of benzene rings is 1. The van der Waals surface area contributed by atoms with Crippen LogP contribution in [0.5, 0.6) is 0 Å². The van der Waals surface area contributed by atoms with Gasteiger partial charge in [0.15, 0.2) is 5.78 Å². The molecule has 22 heavy (non-hydrogen) atoms. The standard InChI is InChI=1S/C16H15F2NO2S/c1-16(2,3)13(20)8-14-19-15(21)12(22-14)7-9-6-10(17)4-5-11(9)18/h4-8H,1-3H3,(H,19,21). The Morgan fingerprint density at radius 2 is 1.95 bits per heavy atom. The number of aromatic nitrogens is 1. The number of carbonyl (C=O) groups is 1. The lowest BCUT2D eigenvalue weighted by molar-refractivity contribution is -0.119. The fraction of sp³-hybridized carbons (Fsp3) is 0.250. The second kappa shape index (κ2) is 5.96. The fourth-order valence-electron chi connectivity index (χ4n) is 1.63. The monoisotopic (exact) mass is 323 g/mol. The minimum absolute atomic E-state index is 0.0129. The predicted octanol–water partition coefficient (Wildman–Crippen LogP) is 1.94. The van der Waals surface area contributed by atoms with Gasteiger partial charge in [0.25, 0.3) is 5.56 Å². The van der Waals surface area contributed by atoms with E-state index in [9.17, 15) is 18.4 Å². The molecular formula is C16H15F2NO2S. The third-order valence-electron chi connectivity index (χ3n) is 2.93. The number of nitrogens with one attached hydrogen (secondary N) is 1. The summed E-state index contributed by atoms with van der Waals surface area (Å²) in [6.07, 6.45) is 2.62. The summed E-state index contributed by atoms with van der Waals surface area (Å²) >= 11 is 1.02. The predicted molar refractivity (Wildman–Crippen MR) is 83.0 cm³/mol. The van der Waals surface area contributed by atoms with Gasteiger partial charge in [-0.2, -0.15) is 0 Å². The number of H-pyrrole nitrogens is 1. The zero-order valence-electron chi connectivity index (χ0n) is 12.4. The quantitative estimate of drug-likeness (QED) is 0.918. The maximum Gasteiger partial charge on any atom is 0.266 e. The van der Waals surface area contributed by atoms with Crippen LogP contribution in [0.1, 0.15) is 26.3 Å². The number of hydrogen-bond acceptors (Lipinski definition) is 3. The van der Waals surface area contributed by atoms with E-state index >= 15 is 0 Å². The van der Waals surface area contributed by atoms with Crippen molar-refractivity contribution in [2.45, 2.75) is 20.8 Å². The Hall–Kier alpha value is -2.08. The fourth-order valence-corrected chi connectivity index (χ4v) is 2.50. The van der Waals surface area contributed by atoms with Gasteiger partial charge in [-0.25, -0.2) is 8.78 Å². The normalized spacial score (nSPS) is 13.7. The van der Waals surface area contributed by atoms with Crippen molar-refractivity contribution < 1.29 is 13.6 Å². The molecule has 0 bridgehead atoms. The van der Waals surface area contributed by atoms with E-state index in [1.165, 1.54) is 12.2 Å². The van der Waals surface area contributed by atoms with E-state index < -0.39 is 22.6 Å². The summed E-state index contributed by atoms with van der Waals surface area (Å²) in [5, 5.41) is 0. The Labute approximate surface area is 129 Å². The van der Waals surface area contributed by atoms with Crippen LogP contribution in [0.15, 0.2) is 23.0 Å². The number of carbonyl (C=O) groups excluding carboxylic acids is 1. The summed E-state index contributed by atoms with van der Waals surface area (Å²) in [5.41, 5.74) is -1.01. The molecular weight excluding hydrogens is 308 g/mol. The molecule has 0 fully saturated rings. The van der Waals surface area contributed by atoms with Gasteiger partial charge in [0.05, 0.1) is 9.20 Å². The second-order valence-corrected chi connectivity index (χ2v) is 6.94. The van der Waals surface area contributed by atoms with Gasteiger partial charge in [0.2, 0.25) is 0 Å². The highest BCUT2D eigenvalue weighted by Gasteiger charge is 2.18. The first-order valence-electron chi connectivity index (χ1n) is 6.59. The molecule has 6 heteroatoms. The number of Topliss-reactive ketones (excluding diaryl/α,β-unsaturated/α-hetero) is 1. The van der Waals surface area contributed by atoms with Crippen LogP contribution in [0.3, 0.4) is 0 Å². The minimum Gasteiger partial charge on any atom is -0.313 e. The van der Waals surface area contributed by atoms with Crippen molar-refractivity contribution in [2.24, 2.45) is 5.41 Å². The molecule has 1 N–H and O–H groups in total. The third kappa shape index (κ3) is 3.76. The van der Waals surface area contributed by atoms with Crippen molar-refractivity contribution in [1.29, 1.82) is 0 Å². The summed E-state index contributed by atoms with van der Waals surface area (Å²) in [6, 6.07) is 3.02. The first-order valence-corrected chi connectivity index (χ1v) is 7.40. The van der Waals surface area contributed by atoms with Crippen molar-refractivity contribution in [2.75, 3.05) is 0 Å². The number of halogens is 2. The van der Waals surface area contributed by atoms with E-state index in [4.69, 9.17) is 0 Å². The molecule has 0 aliphatic heterocycles. The van der Waals surface area contributed by atoms with Gasteiger partial charge in [-0.3, -0.25) is 9.59 Å². The van der Waals surface area contributed by atoms with Gasteiger partial charge < -0.3 is 4.98 Å². The lowest BCUT2D eigenvalue weighted by Crippen LogP contribution is -2.22. The van der Waals surface area contributed by atoms with E-state index in [1.54, 1.807) is 20.8 Å². The Morgan fingerprint density at radius 3 is 2.59 bits per heavy atom. The molecule has 0 saturated carbocycles. The topological polar surface area (TPSA) is 49.9 Å². The van der Waals surface area contributed by atoms with E-state index in [1.807, 2.05) is 0 Å². The summed E-state index contributed by atoms with van der Waals surface area (Å²) in [7, 11) is 0. The lowest BCUT2D eigenvalue weighted by Gasteiger charge is -2.12. The first kappa shape index (κ1) is 16.3. The molecule has 116 valence electrons. The zero-order chi connectivity index (χ0) is 16.5. The highest BCUT2D eigenvalue weighted by molar-refractivity contribution is 7.07. The molecule has 3 nitrogen and oxygen atoms in total. The molecule has 0 spiro atoms. The van der Waals surface area contributed by atoms with Crippen LogP contribution in [0.2, 0.25) is 0 Å². The molecule has 0 saturated heterocycles. The lowest BCUT2D eigenvalue weighted by atomic mass is 9.91. The molecule has 0 aliphatic carbocycles. The van der Waals surface area contributed by atoms with E-state index in [-0.39, 0.29) is 15.9 Å². The number of rotatable bonds is 2.